The fourth-order valence-electron chi connectivity index (χ4n) is 3.08. The van der Waals surface area contributed by atoms with Crippen LogP contribution in [-0.2, 0) is 6.67 Å². The molecule has 0 aliphatic carbocycles. The minimum absolute atomic E-state index is 0.229. The van der Waals surface area contributed by atoms with Crippen LogP contribution in [0.1, 0.15) is 0 Å². The average Bonchev–Trinajstić information content (AvgIpc) is 3.19. The number of anilines is 1. The molecule has 0 spiro atoms. The number of pyridine rings is 1. The molecule has 0 amide bonds. The molecule has 1 fully saturated rings. The van der Waals surface area contributed by atoms with Gasteiger partial charge in [0.15, 0.2) is 11.5 Å². The van der Waals surface area contributed by atoms with Crippen LogP contribution in [0.3, 0.4) is 0 Å². The van der Waals surface area contributed by atoms with Gasteiger partial charge in [-0.25, -0.2) is 15.0 Å². The zero-order valence-corrected chi connectivity index (χ0v) is 14.4. The number of fused-ring (bicyclic) bond motifs is 1. The lowest BCUT2D eigenvalue weighted by molar-refractivity contribution is 0.145. The Balaban J connectivity index is 1.40. The number of thioether (sulfide) groups is 1. The lowest BCUT2D eigenvalue weighted by Crippen LogP contribution is -2.24. The zero-order chi connectivity index (χ0) is 17.2. The summed E-state index contributed by atoms with van der Waals surface area (Å²) in [6, 6.07) is 3.98. The third kappa shape index (κ3) is 3.44. The van der Waals surface area contributed by atoms with Crippen LogP contribution >= 0.6 is 11.8 Å². The van der Waals surface area contributed by atoms with E-state index in [0.717, 1.165) is 17.9 Å². The van der Waals surface area contributed by atoms with Gasteiger partial charge in [-0.1, -0.05) is 0 Å². The molecule has 3 aromatic rings. The summed E-state index contributed by atoms with van der Waals surface area (Å²) >= 11 is 1.75. The monoisotopic (exact) mass is 357 g/mol. The van der Waals surface area contributed by atoms with Crippen LogP contribution in [0.25, 0.3) is 11.2 Å². The molecule has 2 atom stereocenters. The average molecular weight is 357 g/mol. The Kier molecular flexibility index (Phi) is 4.51. The molecule has 4 rings (SSSR count). The van der Waals surface area contributed by atoms with Crippen LogP contribution < -0.4 is 5.73 Å². The van der Waals surface area contributed by atoms with Gasteiger partial charge < -0.3 is 15.4 Å². The first kappa shape index (κ1) is 16.2. The molecule has 1 aliphatic heterocycles. The van der Waals surface area contributed by atoms with Crippen molar-refractivity contribution in [2.45, 2.75) is 17.7 Å². The Hall–Kier alpha value is -2.23. The Labute approximate surface area is 149 Å². The first-order chi connectivity index (χ1) is 12.2. The number of nitrogens with zero attached hydrogens (tertiary/aromatic N) is 6. The Morgan fingerprint density at radius 1 is 1.20 bits per heavy atom. The molecular weight excluding hydrogens is 338 g/mol. The third-order valence-corrected chi connectivity index (χ3v) is 5.58. The van der Waals surface area contributed by atoms with E-state index in [-0.39, 0.29) is 12.0 Å². The topological polar surface area (TPSA) is 106 Å². The molecule has 0 bridgehead atoms. The highest BCUT2D eigenvalue weighted by atomic mass is 32.2. The van der Waals surface area contributed by atoms with Crippen molar-refractivity contribution in [3.8, 4) is 0 Å². The van der Waals surface area contributed by atoms with E-state index in [0.29, 0.717) is 24.5 Å². The molecular formula is C16H19N7OS. The second-order valence-electron chi connectivity index (χ2n) is 6.14. The molecule has 8 nitrogen and oxygen atoms in total. The summed E-state index contributed by atoms with van der Waals surface area (Å²) in [7, 11) is 0. The predicted octanol–water partition coefficient (Wildman–Crippen LogP) is 0.846. The standard InChI is InChI=1S/C16H19N7OS/c17-15-14-16(20-8-19-15)23(9-21-14)10-22-5-11(13(24)6-22)7-25-12-1-3-18-4-2-12/h1-4,8-9,11,13,24H,5-7,10H2,(H2,17,19,20)/t11-,13+/m1/s1. The highest BCUT2D eigenvalue weighted by Crippen LogP contribution is 2.26. The Bertz CT molecular complexity index is 856. The van der Waals surface area contributed by atoms with Gasteiger partial charge in [-0.3, -0.25) is 9.88 Å². The predicted molar refractivity (Wildman–Crippen MR) is 95.8 cm³/mol. The number of hydrogen-bond acceptors (Lipinski definition) is 8. The fraction of sp³-hybridized carbons (Fsp3) is 0.375. The highest BCUT2D eigenvalue weighted by molar-refractivity contribution is 7.99. The number of rotatable bonds is 5. The van der Waals surface area contributed by atoms with Gasteiger partial charge in [-0.2, -0.15) is 0 Å². The summed E-state index contributed by atoms with van der Waals surface area (Å²) in [6.45, 7) is 2.10. The van der Waals surface area contributed by atoms with Crippen molar-refractivity contribution < 1.29 is 5.11 Å². The van der Waals surface area contributed by atoms with Gasteiger partial charge >= 0.3 is 0 Å². The summed E-state index contributed by atoms with van der Waals surface area (Å²) in [5.41, 5.74) is 7.17. The molecule has 0 radical (unpaired) electrons. The molecule has 3 aromatic heterocycles. The first-order valence-corrected chi connectivity index (χ1v) is 9.04. The van der Waals surface area contributed by atoms with Gasteiger partial charge in [-0.05, 0) is 12.1 Å². The SMILES string of the molecule is Nc1ncnc2c1ncn2CN1C[C@H](CSc2ccncc2)[C@@H](O)C1. The lowest BCUT2D eigenvalue weighted by Gasteiger charge is -2.16. The number of nitrogen functional groups attached to an aromatic ring is 1. The number of aliphatic hydroxyl groups is 1. The summed E-state index contributed by atoms with van der Waals surface area (Å²) in [5.74, 6) is 1.49. The number of hydrogen-bond donors (Lipinski definition) is 2. The van der Waals surface area contributed by atoms with Crippen LogP contribution in [0.2, 0.25) is 0 Å². The number of aromatic nitrogens is 5. The molecule has 0 aromatic carbocycles. The normalized spacial score (nSPS) is 21.2. The highest BCUT2D eigenvalue weighted by Gasteiger charge is 2.31. The van der Waals surface area contributed by atoms with E-state index in [1.807, 2.05) is 16.7 Å². The van der Waals surface area contributed by atoms with Crippen molar-refractivity contribution in [3.63, 3.8) is 0 Å². The third-order valence-electron chi connectivity index (χ3n) is 4.38. The van der Waals surface area contributed by atoms with Gasteiger partial charge in [0, 0.05) is 42.0 Å². The largest absolute Gasteiger partial charge is 0.391 e. The Morgan fingerprint density at radius 2 is 2.04 bits per heavy atom. The molecule has 0 saturated carbocycles. The molecule has 130 valence electrons. The number of imidazole rings is 1. The molecule has 3 N–H and O–H groups in total. The second kappa shape index (κ2) is 6.95. The van der Waals surface area contributed by atoms with Crippen molar-refractivity contribution in [3.05, 3.63) is 37.2 Å². The van der Waals surface area contributed by atoms with Crippen molar-refractivity contribution in [2.75, 3.05) is 24.6 Å². The van der Waals surface area contributed by atoms with E-state index in [2.05, 4.69) is 24.8 Å². The second-order valence-corrected chi connectivity index (χ2v) is 7.24. The number of nitrogens with two attached hydrogens (primary N) is 1. The minimum atomic E-state index is -0.330. The van der Waals surface area contributed by atoms with E-state index in [9.17, 15) is 5.11 Å². The number of likely N-dealkylation sites (tertiary alicyclic amines) is 1. The number of aliphatic hydroxyl groups excluding tert-OH is 1. The van der Waals surface area contributed by atoms with Gasteiger partial charge in [-0.15, -0.1) is 11.8 Å². The van der Waals surface area contributed by atoms with Crippen molar-refractivity contribution >= 4 is 28.7 Å². The van der Waals surface area contributed by atoms with E-state index < -0.39 is 0 Å². The summed E-state index contributed by atoms with van der Waals surface area (Å²) < 4.78 is 1.94. The summed E-state index contributed by atoms with van der Waals surface area (Å²) in [4.78, 5) is 19.9. The zero-order valence-electron chi connectivity index (χ0n) is 13.6. The van der Waals surface area contributed by atoms with E-state index in [1.165, 1.54) is 11.2 Å². The van der Waals surface area contributed by atoms with Gasteiger partial charge in [0.05, 0.1) is 19.1 Å². The van der Waals surface area contributed by atoms with Gasteiger partial charge in [0.2, 0.25) is 0 Å². The smallest absolute Gasteiger partial charge is 0.166 e. The van der Waals surface area contributed by atoms with Crippen LogP contribution in [-0.4, -0.2) is 59.5 Å². The van der Waals surface area contributed by atoms with Crippen LogP contribution in [0.5, 0.6) is 0 Å². The molecule has 0 unspecified atom stereocenters. The molecule has 1 aliphatic rings. The van der Waals surface area contributed by atoms with Crippen molar-refractivity contribution in [1.82, 2.24) is 29.4 Å². The molecule has 25 heavy (non-hydrogen) atoms. The van der Waals surface area contributed by atoms with E-state index in [4.69, 9.17) is 5.73 Å². The van der Waals surface area contributed by atoms with Crippen LogP contribution in [0.4, 0.5) is 5.82 Å². The maximum Gasteiger partial charge on any atom is 0.166 e. The van der Waals surface area contributed by atoms with Crippen LogP contribution in [0.15, 0.2) is 42.1 Å². The van der Waals surface area contributed by atoms with Crippen molar-refractivity contribution in [2.24, 2.45) is 5.92 Å². The summed E-state index contributed by atoms with van der Waals surface area (Å²) in [6.07, 6.45) is 6.42. The maximum atomic E-state index is 10.4. The quantitative estimate of drug-likeness (QED) is 0.647. The molecule has 1 saturated heterocycles. The molecule has 4 heterocycles. The van der Waals surface area contributed by atoms with Crippen LogP contribution in [0, 0.1) is 5.92 Å². The summed E-state index contributed by atoms with van der Waals surface area (Å²) in [5, 5.41) is 10.4. The fourth-order valence-corrected chi connectivity index (χ4v) is 4.12. The van der Waals surface area contributed by atoms with E-state index in [1.54, 1.807) is 30.5 Å². The first-order valence-electron chi connectivity index (χ1n) is 8.05. The Morgan fingerprint density at radius 3 is 2.88 bits per heavy atom. The van der Waals surface area contributed by atoms with E-state index >= 15 is 0 Å². The molecule has 9 heteroatoms. The minimum Gasteiger partial charge on any atom is -0.391 e. The van der Waals surface area contributed by atoms with Crippen molar-refractivity contribution in [1.29, 1.82) is 0 Å². The van der Waals surface area contributed by atoms with Gasteiger partial charge in [0.1, 0.15) is 11.8 Å². The van der Waals surface area contributed by atoms with Gasteiger partial charge in [0.25, 0.3) is 0 Å². The number of β-amino-alcohol motifs (C(OH)–C–C–N with tert-alkyl or cyclic N) is 1. The maximum absolute atomic E-state index is 10.4. The lowest BCUT2D eigenvalue weighted by atomic mass is 10.1.